The van der Waals surface area contributed by atoms with Crippen molar-refractivity contribution in [2.24, 2.45) is 5.92 Å². The maximum Gasteiger partial charge on any atom is 0.408 e. The van der Waals surface area contributed by atoms with Crippen molar-refractivity contribution in [3.8, 4) is 0 Å². The molecule has 0 spiro atoms. The van der Waals surface area contributed by atoms with Gasteiger partial charge >= 0.3 is 16.3 Å². The number of alkyl carbamates (subject to hydrolysis) is 1. The Morgan fingerprint density at radius 3 is 2.46 bits per heavy atom. The molecule has 0 radical (unpaired) electrons. The number of rotatable bonds is 4. The minimum Gasteiger partial charge on any atom is -0.444 e. The number of fused-ring (bicyclic) bond motifs is 2. The Labute approximate surface area is 243 Å². The number of ether oxygens (including phenoxy) is 1. The zero-order chi connectivity index (χ0) is 30.0. The molecule has 41 heavy (non-hydrogen) atoms. The van der Waals surface area contributed by atoms with Gasteiger partial charge in [0, 0.05) is 25.0 Å². The van der Waals surface area contributed by atoms with Crippen LogP contribution in [0.5, 0.6) is 0 Å². The Balaban J connectivity index is 1.54. The molecule has 1 saturated carbocycles. The van der Waals surface area contributed by atoms with Crippen molar-refractivity contribution in [3.63, 3.8) is 0 Å². The standard InChI is InChI=1S/C28H45N5O7S/c1-19-12-10-17-33(19)41(38,39)31-25(36)28-18-20(28)13-8-6-5-7-9-14-21(29-26(37)40-27(2,3)4)24(35)32-16-11-15-22(32)23(34)30-28/h8,13,19-22H,5-7,9-12,14-18H2,1-4H3,(H,29,37)(H,30,34)(H,31,36)/b13-8-/t19?,20-,21-,22-,28+/m0/s1. The van der Waals surface area contributed by atoms with Gasteiger partial charge in [0.05, 0.1) is 0 Å². The van der Waals surface area contributed by atoms with Gasteiger partial charge < -0.3 is 20.3 Å². The normalized spacial score (nSPS) is 32.5. The van der Waals surface area contributed by atoms with Gasteiger partial charge in [-0.1, -0.05) is 25.0 Å². The molecule has 3 aliphatic heterocycles. The topological polar surface area (TPSA) is 154 Å². The van der Waals surface area contributed by atoms with E-state index in [9.17, 15) is 27.6 Å². The predicted octanol–water partition coefficient (Wildman–Crippen LogP) is 2.11. The van der Waals surface area contributed by atoms with Gasteiger partial charge in [0.15, 0.2) is 0 Å². The highest BCUT2D eigenvalue weighted by Gasteiger charge is 2.61. The molecule has 2 saturated heterocycles. The van der Waals surface area contributed by atoms with Crippen LogP contribution in [0.4, 0.5) is 4.79 Å². The van der Waals surface area contributed by atoms with Gasteiger partial charge in [-0.05, 0) is 79.1 Å². The molecule has 0 bridgehead atoms. The summed E-state index contributed by atoms with van der Waals surface area (Å²) in [5.74, 6) is -1.98. The van der Waals surface area contributed by atoms with Crippen LogP contribution in [-0.4, -0.2) is 83.8 Å². The average Bonchev–Trinajstić information content (AvgIpc) is 3.19. The molecular weight excluding hydrogens is 550 g/mol. The molecule has 5 atom stereocenters. The summed E-state index contributed by atoms with van der Waals surface area (Å²) >= 11 is 0. The highest BCUT2D eigenvalue weighted by Crippen LogP contribution is 2.45. The third kappa shape index (κ3) is 7.40. The zero-order valence-corrected chi connectivity index (χ0v) is 25.4. The lowest BCUT2D eigenvalue weighted by Crippen LogP contribution is -2.59. The minimum atomic E-state index is -4.07. The number of amides is 4. The average molecular weight is 596 g/mol. The van der Waals surface area contributed by atoms with Gasteiger partial charge in [-0.25, -0.2) is 9.52 Å². The van der Waals surface area contributed by atoms with Crippen LogP contribution >= 0.6 is 0 Å². The fourth-order valence-corrected chi connectivity index (χ4v) is 7.56. The number of hydrogen-bond acceptors (Lipinski definition) is 7. The lowest BCUT2D eigenvalue weighted by atomic mass is 10.0. The molecule has 4 rings (SSSR count). The summed E-state index contributed by atoms with van der Waals surface area (Å²) in [6.07, 6.45) is 9.38. The first-order valence-electron chi connectivity index (χ1n) is 14.9. The molecule has 3 N–H and O–H groups in total. The summed E-state index contributed by atoms with van der Waals surface area (Å²) in [5.41, 5.74) is -2.14. The van der Waals surface area contributed by atoms with Crippen LogP contribution in [0.1, 0.15) is 91.9 Å². The van der Waals surface area contributed by atoms with Crippen LogP contribution in [0.25, 0.3) is 0 Å². The van der Waals surface area contributed by atoms with Gasteiger partial charge in [-0.2, -0.15) is 12.7 Å². The second kappa shape index (κ2) is 12.3. The molecule has 1 aliphatic carbocycles. The molecule has 0 aromatic rings. The smallest absolute Gasteiger partial charge is 0.408 e. The zero-order valence-electron chi connectivity index (χ0n) is 24.6. The van der Waals surface area contributed by atoms with Crippen LogP contribution in [0.2, 0.25) is 0 Å². The SMILES string of the molecule is CC1CCCN1S(=O)(=O)NC(=O)[C@@]12C[C@@H]1/C=C\CCCCC[C@H](NC(=O)OC(C)(C)C)C(=O)N1CCC[C@H]1C(=O)N2. The van der Waals surface area contributed by atoms with Crippen molar-refractivity contribution in [1.82, 2.24) is 24.6 Å². The maximum absolute atomic E-state index is 13.7. The summed E-state index contributed by atoms with van der Waals surface area (Å²) in [4.78, 5) is 54.9. The van der Waals surface area contributed by atoms with Gasteiger partial charge in [0.2, 0.25) is 11.8 Å². The molecule has 0 aromatic heterocycles. The van der Waals surface area contributed by atoms with Gasteiger partial charge in [-0.15, -0.1) is 0 Å². The van der Waals surface area contributed by atoms with E-state index in [1.165, 1.54) is 9.21 Å². The molecule has 0 aromatic carbocycles. The Hall–Kier alpha value is -2.67. The van der Waals surface area contributed by atoms with E-state index in [2.05, 4.69) is 15.4 Å². The summed E-state index contributed by atoms with van der Waals surface area (Å²) < 4.78 is 35.0. The number of carbonyl (C=O) groups excluding carboxylic acids is 4. The van der Waals surface area contributed by atoms with Crippen molar-refractivity contribution in [3.05, 3.63) is 12.2 Å². The fraction of sp³-hybridized carbons (Fsp3) is 0.786. The van der Waals surface area contributed by atoms with Crippen molar-refractivity contribution < 1.29 is 32.3 Å². The van der Waals surface area contributed by atoms with E-state index >= 15 is 0 Å². The van der Waals surface area contributed by atoms with Crippen LogP contribution in [-0.2, 0) is 29.3 Å². The Kier molecular flexibility index (Phi) is 9.37. The molecule has 4 amide bonds. The first-order valence-corrected chi connectivity index (χ1v) is 16.3. The van der Waals surface area contributed by atoms with E-state index in [0.717, 1.165) is 32.1 Å². The van der Waals surface area contributed by atoms with E-state index < -0.39 is 51.3 Å². The summed E-state index contributed by atoms with van der Waals surface area (Å²) in [7, 11) is -4.07. The van der Waals surface area contributed by atoms with Crippen molar-refractivity contribution in [2.45, 2.75) is 121 Å². The van der Waals surface area contributed by atoms with E-state index in [1.54, 1.807) is 27.7 Å². The Morgan fingerprint density at radius 2 is 1.78 bits per heavy atom. The monoisotopic (exact) mass is 595 g/mol. The van der Waals surface area contributed by atoms with Crippen molar-refractivity contribution >= 4 is 34.0 Å². The van der Waals surface area contributed by atoms with Crippen LogP contribution in [0.3, 0.4) is 0 Å². The Morgan fingerprint density at radius 1 is 1.05 bits per heavy atom. The molecule has 13 heteroatoms. The van der Waals surface area contributed by atoms with Crippen LogP contribution < -0.4 is 15.4 Å². The molecule has 1 unspecified atom stereocenters. The lowest BCUT2D eigenvalue weighted by Gasteiger charge is -2.31. The van der Waals surface area contributed by atoms with E-state index in [1.807, 2.05) is 12.2 Å². The quantitative estimate of drug-likeness (QED) is 0.421. The molecular formula is C28H45N5O7S. The van der Waals surface area contributed by atoms with Crippen LogP contribution in [0, 0.1) is 5.92 Å². The van der Waals surface area contributed by atoms with Crippen molar-refractivity contribution in [1.29, 1.82) is 0 Å². The van der Waals surface area contributed by atoms with Crippen molar-refractivity contribution in [2.75, 3.05) is 13.1 Å². The number of allylic oxidation sites excluding steroid dienone is 1. The molecule has 3 heterocycles. The Bertz CT molecular complexity index is 1170. The van der Waals surface area contributed by atoms with Gasteiger partial charge in [0.25, 0.3) is 5.91 Å². The largest absolute Gasteiger partial charge is 0.444 e. The first-order chi connectivity index (χ1) is 19.2. The lowest BCUT2D eigenvalue weighted by molar-refractivity contribution is -0.141. The highest BCUT2D eigenvalue weighted by atomic mass is 32.2. The molecule has 3 fully saturated rings. The number of nitrogens with one attached hydrogen (secondary N) is 3. The van der Waals surface area contributed by atoms with E-state index in [-0.39, 0.29) is 24.3 Å². The second-order valence-electron chi connectivity index (χ2n) is 12.8. The molecule has 230 valence electrons. The van der Waals surface area contributed by atoms with E-state index in [0.29, 0.717) is 38.8 Å². The van der Waals surface area contributed by atoms with Crippen LogP contribution in [0.15, 0.2) is 12.2 Å². The van der Waals surface area contributed by atoms with E-state index in [4.69, 9.17) is 4.74 Å². The second-order valence-corrected chi connectivity index (χ2v) is 14.4. The fourth-order valence-electron chi connectivity index (χ4n) is 6.07. The minimum absolute atomic E-state index is 0.212. The number of carbonyl (C=O) groups is 4. The summed E-state index contributed by atoms with van der Waals surface area (Å²) in [5, 5.41) is 5.56. The number of hydrogen-bond donors (Lipinski definition) is 3. The molecule has 12 nitrogen and oxygen atoms in total. The third-order valence-corrected chi connectivity index (χ3v) is 9.95. The summed E-state index contributed by atoms with van der Waals surface area (Å²) in [6.45, 7) is 7.71. The first kappa shape index (κ1) is 31.3. The third-order valence-electron chi connectivity index (χ3n) is 8.35. The molecule has 4 aliphatic rings. The maximum atomic E-state index is 13.7. The summed E-state index contributed by atoms with van der Waals surface area (Å²) in [6, 6.07) is -1.89. The van der Waals surface area contributed by atoms with Gasteiger partial charge in [-0.3, -0.25) is 14.4 Å². The number of nitrogens with zero attached hydrogens (tertiary/aromatic N) is 2. The highest BCUT2D eigenvalue weighted by molar-refractivity contribution is 7.87. The predicted molar refractivity (Wildman–Crippen MR) is 152 cm³/mol. The van der Waals surface area contributed by atoms with Gasteiger partial charge in [0.1, 0.15) is 23.2 Å².